The van der Waals surface area contributed by atoms with E-state index in [1.807, 2.05) is 32.9 Å². The Labute approximate surface area is 269 Å². The average molecular weight is 625 g/mol. The van der Waals surface area contributed by atoms with Gasteiger partial charge in [0.2, 0.25) is 5.60 Å². The van der Waals surface area contributed by atoms with E-state index in [0.29, 0.717) is 29.6 Å². The smallest absolute Gasteiger partial charge is 0.342 e. The van der Waals surface area contributed by atoms with Crippen LogP contribution in [0.4, 0.5) is 0 Å². The Morgan fingerprint density at radius 1 is 0.870 bits per heavy atom. The number of allylic oxidation sites excluding steroid dienone is 2. The van der Waals surface area contributed by atoms with Crippen LogP contribution in [0.5, 0.6) is 0 Å². The predicted molar refractivity (Wildman–Crippen MR) is 178 cm³/mol. The molecule has 0 saturated carbocycles. The van der Waals surface area contributed by atoms with Gasteiger partial charge in [-0.1, -0.05) is 62.1 Å². The summed E-state index contributed by atoms with van der Waals surface area (Å²) in [5.41, 5.74) is 4.76. The first-order chi connectivity index (χ1) is 21.8. The SMILES string of the molecule is CCOC(=O)C1(O)C(O)c2c3nc(cc4nc(cc5[n-]c(cc6[n-]c2c(C)c6CC)c(C)c5CC)C(C)=C4CC)C(C)(O)C31CC. The first-order valence-corrected chi connectivity index (χ1v) is 16.5. The third kappa shape index (κ3) is 3.88. The molecule has 0 aromatic carbocycles. The second-order valence-corrected chi connectivity index (χ2v) is 12.9. The van der Waals surface area contributed by atoms with Crippen LogP contribution in [0.2, 0.25) is 0 Å². The Morgan fingerprint density at radius 2 is 1.52 bits per heavy atom. The lowest BCUT2D eigenvalue weighted by Crippen LogP contribution is -2.64. The molecule has 3 aromatic rings. The highest BCUT2D eigenvalue weighted by molar-refractivity contribution is 5.93. The molecule has 0 fully saturated rings. The molecule has 9 heteroatoms. The fourth-order valence-electron chi connectivity index (χ4n) is 8.40. The fraction of sp³-hybridized carbons (Fsp3) is 0.486. The van der Waals surface area contributed by atoms with Gasteiger partial charge in [-0.3, -0.25) is 4.98 Å². The molecular weight excluding hydrogens is 580 g/mol. The molecule has 3 aromatic heterocycles. The van der Waals surface area contributed by atoms with Crippen LogP contribution in [0.1, 0.15) is 118 Å². The molecule has 2 aliphatic heterocycles. The van der Waals surface area contributed by atoms with Crippen LogP contribution in [-0.4, -0.2) is 43.5 Å². The highest BCUT2D eigenvalue weighted by Gasteiger charge is 2.76. The molecule has 5 heterocycles. The van der Waals surface area contributed by atoms with Gasteiger partial charge < -0.3 is 30.0 Å². The maximum Gasteiger partial charge on any atom is 0.342 e. The number of carbonyl (C=O) groups excluding carboxylic acids is 1. The number of hydrogen-bond acceptors (Lipinski definition) is 7. The Morgan fingerprint density at radius 3 is 2.13 bits per heavy atom. The third-order valence-electron chi connectivity index (χ3n) is 10.9. The van der Waals surface area contributed by atoms with Crippen molar-refractivity contribution in [3.05, 3.63) is 68.8 Å². The van der Waals surface area contributed by atoms with Crippen molar-refractivity contribution in [1.29, 1.82) is 0 Å². The molecule has 4 atom stereocenters. The molecule has 244 valence electrons. The number of carbonyl (C=O) groups is 1. The van der Waals surface area contributed by atoms with Crippen LogP contribution in [0.3, 0.4) is 0 Å². The number of esters is 1. The molecule has 0 saturated heterocycles. The van der Waals surface area contributed by atoms with E-state index in [0.717, 1.165) is 56.5 Å². The van der Waals surface area contributed by atoms with Crippen molar-refractivity contribution in [1.82, 2.24) is 19.9 Å². The van der Waals surface area contributed by atoms with Gasteiger partial charge in [0.15, 0.2) is 0 Å². The standard InChI is InChI=1S/C37H44N4O5/c1-10-21-18(6)25-16-27-23(12-3)20(8)31(40-27)30-32-36(13-4,37(45,33(30)42)34(43)46-14-5)35(9,44)29(41-32)17-28-22(11-2)19(7)24(39-28)15-26(21)38-25/h15-17,33,42,44-45H,10-14H2,1-9H3/q-2. The van der Waals surface area contributed by atoms with E-state index in [4.69, 9.17) is 24.7 Å². The van der Waals surface area contributed by atoms with Gasteiger partial charge in [-0.2, -0.15) is 0 Å². The normalized spacial score (nSPS) is 25.4. The van der Waals surface area contributed by atoms with Crippen molar-refractivity contribution in [2.75, 3.05) is 6.61 Å². The topological polar surface area (TPSA) is 141 Å². The number of aliphatic hydroxyl groups excluding tert-OH is 1. The number of nitrogens with zero attached hydrogens (tertiary/aromatic N) is 4. The molecule has 6 rings (SSSR count). The van der Waals surface area contributed by atoms with Crippen molar-refractivity contribution < 1.29 is 24.9 Å². The van der Waals surface area contributed by atoms with Crippen molar-refractivity contribution in [2.24, 2.45) is 0 Å². The zero-order chi connectivity index (χ0) is 33.5. The van der Waals surface area contributed by atoms with E-state index in [2.05, 4.69) is 20.8 Å². The van der Waals surface area contributed by atoms with Crippen molar-refractivity contribution in [3.8, 4) is 0 Å². The summed E-state index contributed by atoms with van der Waals surface area (Å²) in [7, 11) is 0. The molecule has 0 amide bonds. The summed E-state index contributed by atoms with van der Waals surface area (Å²) in [4.78, 5) is 34.0. The van der Waals surface area contributed by atoms with Crippen molar-refractivity contribution >= 4 is 39.2 Å². The maximum atomic E-state index is 13.8. The van der Waals surface area contributed by atoms with Gasteiger partial charge in [-0.05, 0) is 83.1 Å². The quantitative estimate of drug-likeness (QED) is 0.301. The molecule has 3 N–H and O–H groups in total. The van der Waals surface area contributed by atoms with Gasteiger partial charge in [0, 0.05) is 0 Å². The first-order valence-electron chi connectivity index (χ1n) is 16.5. The van der Waals surface area contributed by atoms with Crippen LogP contribution in [0, 0.1) is 13.8 Å². The van der Waals surface area contributed by atoms with Gasteiger partial charge >= 0.3 is 5.97 Å². The van der Waals surface area contributed by atoms with Crippen LogP contribution in [0.25, 0.3) is 33.2 Å². The van der Waals surface area contributed by atoms with Gasteiger partial charge in [-0.15, -0.1) is 22.1 Å². The Hall–Kier alpha value is -3.79. The van der Waals surface area contributed by atoms with E-state index >= 15 is 0 Å². The largest absolute Gasteiger partial charge is 0.657 e. The Balaban J connectivity index is 1.90. The number of aromatic nitrogens is 4. The molecule has 1 aliphatic carbocycles. The molecule has 0 radical (unpaired) electrons. The summed E-state index contributed by atoms with van der Waals surface area (Å²) < 4.78 is 5.41. The average Bonchev–Trinajstić information content (AvgIpc) is 3.71. The number of rotatable bonds is 6. The zero-order valence-corrected chi connectivity index (χ0v) is 28.3. The number of hydrogen-bond donors (Lipinski definition) is 3. The van der Waals surface area contributed by atoms with Gasteiger partial charge in [-0.25, -0.2) is 9.78 Å². The monoisotopic (exact) mass is 624 g/mol. The lowest BCUT2D eigenvalue weighted by Gasteiger charge is -2.46. The first kappa shape index (κ1) is 32.2. The van der Waals surface area contributed by atoms with E-state index in [1.54, 1.807) is 26.8 Å². The molecule has 3 aliphatic rings. The highest BCUT2D eigenvalue weighted by atomic mass is 16.6. The van der Waals surface area contributed by atoms with Crippen molar-refractivity contribution in [2.45, 2.75) is 111 Å². The van der Waals surface area contributed by atoms with Crippen LogP contribution < -0.4 is 9.97 Å². The molecule has 46 heavy (non-hydrogen) atoms. The molecular formula is C37H44N4O5-2. The second-order valence-electron chi connectivity index (χ2n) is 12.9. The molecule has 0 spiro atoms. The van der Waals surface area contributed by atoms with Gasteiger partial charge in [0.05, 0.1) is 34.8 Å². The summed E-state index contributed by atoms with van der Waals surface area (Å²) in [6.07, 6.45) is 0.468. The minimum absolute atomic E-state index is 0.0172. The Bertz CT molecular complexity index is 1980. The second kappa shape index (κ2) is 10.9. The molecule has 8 bridgehead atoms. The number of aryl methyl sites for hydroxylation is 4. The third-order valence-corrected chi connectivity index (χ3v) is 10.9. The summed E-state index contributed by atoms with van der Waals surface area (Å²) in [6, 6.07) is 5.76. The summed E-state index contributed by atoms with van der Waals surface area (Å²) in [6.45, 7) is 17.2. The van der Waals surface area contributed by atoms with E-state index < -0.39 is 28.7 Å². The van der Waals surface area contributed by atoms with Gasteiger partial charge in [0.25, 0.3) is 0 Å². The number of fused-ring (bicyclic) bond motifs is 8. The van der Waals surface area contributed by atoms with Crippen molar-refractivity contribution in [3.63, 3.8) is 0 Å². The molecule has 4 unspecified atom stereocenters. The van der Waals surface area contributed by atoms with E-state index in [9.17, 15) is 20.1 Å². The maximum absolute atomic E-state index is 13.8. The number of ether oxygens (including phenoxy) is 1. The predicted octanol–water partition coefficient (Wildman–Crippen LogP) is 5.55. The van der Waals surface area contributed by atoms with E-state index in [-0.39, 0.29) is 30.0 Å². The van der Waals surface area contributed by atoms with Crippen LogP contribution in [-0.2, 0) is 33.4 Å². The summed E-state index contributed by atoms with van der Waals surface area (Å²) >= 11 is 0. The van der Waals surface area contributed by atoms with E-state index in [1.165, 1.54) is 0 Å². The minimum atomic E-state index is -2.55. The zero-order valence-electron chi connectivity index (χ0n) is 28.3. The van der Waals surface area contributed by atoms with Crippen LogP contribution in [0.15, 0.2) is 18.2 Å². The highest BCUT2D eigenvalue weighted by Crippen LogP contribution is 2.64. The Kier molecular flexibility index (Phi) is 7.62. The molecule has 9 nitrogen and oxygen atoms in total. The lowest BCUT2D eigenvalue weighted by atomic mass is 9.61. The number of aliphatic hydroxyl groups is 3. The summed E-state index contributed by atoms with van der Waals surface area (Å²) in [5, 5.41) is 37.2. The van der Waals surface area contributed by atoms with Gasteiger partial charge in [0.1, 0.15) is 11.7 Å². The lowest BCUT2D eigenvalue weighted by molar-refractivity contribution is -0.210. The van der Waals surface area contributed by atoms with Crippen LogP contribution >= 0.6 is 0 Å². The fourth-order valence-corrected chi connectivity index (χ4v) is 8.40. The minimum Gasteiger partial charge on any atom is -0.657 e. The summed E-state index contributed by atoms with van der Waals surface area (Å²) in [5.74, 6) is -1.01.